The number of halogens is 1. The summed E-state index contributed by atoms with van der Waals surface area (Å²) in [4.78, 5) is 12.5. The zero-order valence-corrected chi connectivity index (χ0v) is 14.6. The summed E-state index contributed by atoms with van der Waals surface area (Å²) in [6.45, 7) is 5.79. The van der Waals surface area contributed by atoms with Gasteiger partial charge in [-0.1, -0.05) is 0 Å². The molecule has 5 heteroatoms. The molecule has 0 fully saturated rings. The van der Waals surface area contributed by atoms with Gasteiger partial charge in [-0.25, -0.2) is 4.39 Å². The van der Waals surface area contributed by atoms with Crippen LogP contribution in [0.25, 0.3) is 22.3 Å². The van der Waals surface area contributed by atoms with E-state index in [0.29, 0.717) is 33.6 Å². The van der Waals surface area contributed by atoms with Crippen LogP contribution < -0.4 is 10.1 Å². The molecule has 1 N–H and O–H groups in total. The number of furan rings is 1. The minimum atomic E-state index is -0.342. The highest BCUT2D eigenvalue weighted by Gasteiger charge is 2.23. The van der Waals surface area contributed by atoms with Crippen molar-refractivity contribution in [3.8, 4) is 17.1 Å². The summed E-state index contributed by atoms with van der Waals surface area (Å²) in [5.74, 6) is 0.486. The van der Waals surface area contributed by atoms with Gasteiger partial charge in [-0.2, -0.15) is 0 Å². The lowest BCUT2D eigenvalue weighted by Gasteiger charge is -2.10. The number of nitrogens with one attached hydrogen (secondary N) is 1. The van der Waals surface area contributed by atoms with Crippen molar-refractivity contribution < 1.29 is 18.3 Å². The number of rotatable bonds is 4. The van der Waals surface area contributed by atoms with Crippen LogP contribution >= 0.6 is 0 Å². The Labute approximate surface area is 145 Å². The fourth-order valence-corrected chi connectivity index (χ4v) is 2.83. The molecule has 2 aromatic carbocycles. The molecule has 130 valence electrons. The normalized spacial score (nSPS) is 11.1. The summed E-state index contributed by atoms with van der Waals surface area (Å²) in [6, 6.07) is 9.57. The van der Waals surface area contributed by atoms with Gasteiger partial charge in [0.15, 0.2) is 0 Å². The third-order valence-corrected chi connectivity index (χ3v) is 3.88. The highest BCUT2D eigenvalue weighted by molar-refractivity contribution is 6.11. The molecule has 0 atom stereocenters. The predicted octanol–water partition coefficient (Wildman–Crippen LogP) is 4.69. The zero-order chi connectivity index (χ0) is 18.1. The topological polar surface area (TPSA) is 51.5 Å². The summed E-state index contributed by atoms with van der Waals surface area (Å²) in [5.41, 5.74) is 2.55. The second-order valence-electron chi connectivity index (χ2n) is 6.18. The van der Waals surface area contributed by atoms with Crippen LogP contribution in [0.2, 0.25) is 0 Å². The average Bonchev–Trinajstić information content (AvgIpc) is 2.94. The zero-order valence-electron chi connectivity index (χ0n) is 14.6. The van der Waals surface area contributed by atoms with Crippen LogP contribution in [-0.4, -0.2) is 19.1 Å². The first-order valence-corrected chi connectivity index (χ1v) is 8.12. The van der Waals surface area contributed by atoms with E-state index in [1.54, 1.807) is 19.2 Å². The number of carbonyl (C=O) groups is 1. The van der Waals surface area contributed by atoms with E-state index in [2.05, 4.69) is 5.32 Å². The molecular formula is C20H20FNO3. The van der Waals surface area contributed by atoms with Gasteiger partial charge in [0.25, 0.3) is 5.91 Å². The van der Waals surface area contributed by atoms with Crippen molar-refractivity contribution >= 4 is 16.9 Å². The molecule has 3 rings (SSSR count). The van der Waals surface area contributed by atoms with Gasteiger partial charge >= 0.3 is 0 Å². The number of ether oxygens (including phenoxy) is 1. The Morgan fingerprint density at radius 1 is 1.20 bits per heavy atom. The Balaban J connectivity index is 2.28. The lowest BCUT2D eigenvalue weighted by atomic mass is 10.0. The van der Waals surface area contributed by atoms with Crippen LogP contribution in [0.15, 0.2) is 40.8 Å². The second kappa shape index (κ2) is 6.59. The van der Waals surface area contributed by atoms with Gasteiger partial charge in [0.1, 0.15) is 22.9 Å². The summed E-state index contributed by atoms with van der Waals surface area (Å²) < 4.78 is 25.0. The molecule has 0 aliphatic rings. The van der Waals surface area contributed by atoms with Crippen LogP contribution in [0.4, 0.5) is 4.39 Å². The van der Waals surface area contributed by atoms with Gasteiger partial charge in [0.2, 0.25) is 0 Å². The van der Waals surface area contributed by atoms with Crippen LogP contribution in [-0.2, 0) is 0 Å². The van der Waals surface area contributed by atoms with Crippen molar-refractivity contribution in [2.75, 3.05) is 7.05 Å². The van der Waals surface area contributed by atoms with Gasteiger partial charge < -0.3 is 14.5 Å². The van der Waals surface area contributed by atoms with Gasteiger partial charge in [-0.05, 0) is 62.7 Å². The first kappa shape index (κ1) is 17.0. The molecule has 0 saturated heterocycles. The SMILES string of the molecule is CNC(=O)c1c(-c2ccc(F)cc2)oc2c(C)cc(OC(C)C)cc12. The van der Waals surface area contributed by atoms with E-state index in [-0.39, 0.29) is 17.8 Å². The largest absolute Gasteiger partial charge is 0.491 e. The van der Waals surface area contributed by atoms with Crippen LogP contribution in [0.3, 0.4) is 0 Å². The third-order valence-electron chi connectivity index (χ3n) is 3.88. The predicted molar refractivity (Wildman–Crippen MR) is 95.5 cm³/mol. The van der Waals surface area contributed by atoms with Gasteiger partial charge in [0.05, 0.1) is 11.7 Å². The summed E-state index contributed by atoms with van der Waals surface area (Å²) in [7, 11) is 1.57. The van der Waals surface area contributed by atoms with Gasteiger partial charge in [0, 0.05) is 18.0 Å². The van der Waals surface area contributed by atoms with E-state index in [4.69, 9.17) is 9.15 Å². The number of amides is 1. The Morgan fingerprint density at radius 2 is 1.88 bits per heavy atom. The highest BCUT2D eigenvalue weighted by Crippen LogP contribution is 2.37. The molecule has 1 aromatic heterocycles. The molecule has 1 amide bonds. The maximum Gasteiger partial charge on any atom is 0.255 e. The Morgan fingerprint density at radius 3 is 2.48 bits per heavy atom. The van der Waals surface area contributed by atoms with Crippen LogP contribution in [0.5, 0.6) is 5.75 Å². The van der Waals surface area contributed by atoms with Crippen molar-refractivity contribution in [3.63, 3.8) is 0 Å². The van der Waals surface area contributed by atoms with Gasteiger partial charge in [-0.3, -0.25) is 4.79 Å². The lowest BCUT2D eigenvalue weighted by Crippen LogP contribution is -2.18. The molecule has 3 aromatic rings. The number of benzene rings is 2. The van der Waals surface area contributed by atoms with E-state index in [1.807, 2.05) is 32.9 Å². The molecule has 0 unspecified atom stereocenters. The highest BCUT2D eigenvalue weighted by atomic mass is 19.1. The van der Waals surface area contributed by atoms with E-state index < -0.39 is 0 Å². The summed E-state index contributed by atoms with van der Waals surface area (Å²) >= 11 is 0. The van der Waals surface area contributed by atoms with Crippen molar-refractivity contribution in [1.82, 2.24) is 5.32 Å². The molecule has 4 nitrogen and oxygen atoms in total. The van der Waals surface area contributed by atoms with Crippen molar-refractivity contribution in [2.45, 2.75) is 26.9 Å². The molecule has 0 bridgehead atoms. The number of hydrogen-bond donors (Lipinski definition) is 1. The van der Waals surface area contributed by atoms with Crippen molar-refractivity contribution in [3.05, 3.63) is 53.3 Å². The van der Waals surface area contributed by atoms with Crippen molar-refractivity contribution in [1.29, 1.82) is 0 Å². The monoisotopic (exact) mass is 341 g/mol. The molecule has 25 heavy (non-hydrogen) atoms. The molecular weight excluding hydrogens is 321 g/mol. The number of carbonyl (C=O) groups excluding carboxylic acids is 1. The maximum atomic E-state index is 13.2. The minimum absolute atomic E-state index is 0.0174. The average molecular weight is 341 g/mol. The second-order valence-corrected chi connectivity index (χ2v) is 6.18. The first-order chi connectivity index (χ1) is 11.9. The summed E-state index contributed by atoms with van der Waals surface area (Å²) in [5, 5.41) is 3.32. The smallest absolute Gasteiger partial charge is 0.255 e. The van der Waals surface area contributed by atoms with E-state index in [1.165, 1.54) is 12.1 Å². The Kier molecular flexibility index (Phi) is 4.49. The molecule has 0 saturated carbocycles. The quantitative estimate of drug-likeness (QED) is 0.749. The number of aryl methyl sites for hydroxylation is 1. The maximum absolute atomic E-state index is 13.2. The van der Waals surface area contributed by atoms with Crippen LogP contribution in [0, 0.1) is 12.7 Å². The summed E-state index contributed by atoms with van der Waals surface area (Å²) in [6.07, 6.45) is 0.0174. The fraction of sp³-hybridized carbons (Fsp3) is 0.250. The van der Waals surface area contributed by atoms with E-state index in [9.17, 15) is 9.18 Å². The van der Waals surface area contributed by atoms with E-state index >= 15 is 0 Å². The molecule has 1 heterocycles. The third kappa shape index (κ3) is 3.22. The number of hydrogen-bond acceptors (Lipinski definition) is 3. The number of fused-ring (bicyclic) bond motifs is 1. The lowest BCUT2D eigenvalue weighted by molar-refractivity contribution is 0.0964. The minimum Gasteiger partial charge on any atom is -0.491 e. The molecule has 0 radical (unpaired) electrons. The molecule has 0 aliphatic carbocycles. The van der Waals surface area contributed by atoms with Crippen molar-refractivity contribution in [2.24, 2.45) is 0 Å². The first-order valence-electron chi connectivity index (χ1n) is 8.12. The molecule has 0 spiro atoms. The fourth-order valence-electron chi connectivity index (χ4n) is 2.83. The standard InChI is InChI=1S/C20H20FNO3/c1-11(2)24-15-9-12(3)18-16(10-15)17(20(23)22-4)19(25-18)13-5-7-14(21)8-6-13/h5-11H,1-4H3,(H,22,23). The van der Waals surface area contributed by atoms with Crippen LogP contribution in [0.1, 0.15) is 29.8 Å². The Bertz CT molecular complexity index is 926. The Hall–Kier alpha value is -2.82. The molecule has 0 aliphatic heterocycles. The van der Waals surface area contributed by atoms with E-state index in [0.717, 1.165) is 5.56 Å². The van der Waals surface area contributed by atoms with Gasteiger partial charge in [-0.15, -0.1) is 0 Å².